The lowest BCUT2D eigenvalue weighted by atomic mass is 10.00. The predicted octanol–water partition coefficient (Wildman–Crippen LogP) is 4.80. The van der Waals surface area contributed by atoms with Crippen LogP contribution in [0.5, 0.6) is 0 Å². The quantitative estimate of drug-likeness (QED) is 0.739. The van der Waals surface area contributed by atoms with Gasteiger partial charge in [-0.2, -0.15) is 0 Å². The summed E-state index contributed by atoms with van der Waals surface area (Å²) in [4.78, 5) is 4.68. The van der Waals surface area contributed by atoms with Gasteiger partial charge in [0.1, 0.15) is 0 Å². The van der Waals surface area contributed by atoms with Crippen LogP contribution < -0.4 is 5.19 Å². The maximum atomic E-state index is 8.62. The zero-order valence-electron chi connectivity index (χ0n) is 16.0. The Bertz CT molecular complexity index is 703. The fourth-order valence-corrected chi connectivity index (χ4v) is 3.90. The average Bonchev–Trinajstić information content (AvgIpc) is 2.46. The average molecular weight is 300 g/mol. The Hall–Kier alpha value is -1.41. The van der Waals surface area contributed by atoms with Gasteiger partial charge < -0.3 is 0 Å². The molecule has 0 aliphatic heterocycles. The maximum absolute atomic E-state index is 8.62. The third-order valence-corrected chi connectivity index (χ3v) is 5.59. The molecule has 0 fully saturated rings. The topological polar surface area (TPSA) is 12.9 Å². The zero-order valence-corrected chi connectivity index (χ0v) is 15.0. The molecule has 0 saturated heterocycles. The van der Waals surface area contributed by atoms with E-state index in [0.717, 1.165) is 27.6 Å². The largest absolute Gasteiger partial charge is 0.256 e. The predicted molar refractivity (Wildman–Crippen MR) is 95.9 cm³/mol. The van der Waals surface area contributed by atoms with Crippen molar-refractivity contribution >= 4 is 13.3 Å². The van der Waals surface area contributed by atoms with Crippen LogP contribution in [-0.2, 0) is 6.37 Å². The lowest BCUT2D eigenvalue weighted by molar-refractivity contribution is 0.649. The Labute approximate surface area is 133 Å². The van der Waals surface area contributed by atoms with Crippen LogP contribution in [0.3, 0.4) is 0 Å². The smallest absolute Gasteiger partial charge is 0.0799 e. The van der Waals surface area contributed by atoms with Gasteiger partial charge in [-0.05, 0) is 41.6 Å². The summed E-state index contributed by atoms with van der Waals surface area (Å²) in [7, 11) is -1.67. The van der Waals surface area contributed by atoms with Crippen molar-refractivity contribution < 1.29 is 2.74 Å². The molecule has 0 radical (unpaired) electrons. The minimum absolute atomic E-state index is 0.0790. The van der Waals surface area contributed by atoms with E-state index in [1.807, 2.05) is 38.2 Å². The van der Waals surface area contributed by atoms with Gasteiger partial charge in [0.15, 0.2) is 0 Å². The lowest BCUT2D eigenvalue weighted by Crippen LogP contribution is -2.40. The first-order valence-electron chi connectivity index (χ1n) is 8.62. The van der Waals surface area contributed by atoms with Crippen LogP contribution in [-0.4, -0.2) is 13.1 Å². The molecule has 0 saturated carbocycles. The first-order valence-corrected chi connectivity index (χ1v) is 11.1. The van der Waals surface area contributed by atoms with Crippen molar-refractivity contribution in [2.45, 2.75) is 46.8 Å². The van der Waals surface area contributed by atoms with Crippen molar-refractivity contribution in [3.8, 4) is 11.3 Å². The van der Waals surface area contributed by atoms with Crippen LogP contribution >= 0.6 is 0 Å². The number of benzene rings is 1. The normalized spacial score (nSPS) is 14.0. The van der Waals surface area contributed by atoms with Crippen molar-refractivity contribution in [2.24, 2.45) is 5.92 Å². The molecule has 1 aromatic carbocycles. The van der Waals surface area contributed by atoms with Gasteiger partial charge in [-0.3, -0.25) is 4.98 Å². The molecule has 21 heavy (non-hydrogen) atoms. The molecule has 1 heterocycles. The molecule has 0 aliphatic carbocycles. The molecule has 0 spiro atoms. The fourth-order valence-electron chi connectivity index (χ4n) is 2.49. The number of nitrogens with zero attached hydrogens (tertiary/aromatic N) is 1. The summed E-state index contributed by atoms with van der Waals surface area (Å²) in [5, 5.41) is 1.12. The molecule has 0 unspecified atom stereocenters. The van der Waals surface area contributed by atoms with E-state index in [1.165, 1.54) is 0 Å². The number of aromatic nitrogens is 1. The molecule has 2 aromatic rings. The molecule has 1 aromatic heterocycles. The highest BCUT2D eigenvalue weighted by atomic mass is 28.3. The Morgan fingerprint density at radius 1 is 1.19 bits per heavy atom. The second-order valence-electron chi connectivity index (χ2n) is 6.98. The minimum atomic E-state index is -1.67. The first kappa shape index (κ1) is 13.3. The van der Waals surface area contributed by atoms with Crippen molar-refractivity contribution in [1.82, 2.24) is 4.98 Å². The highest BCUT2D eigenvalue weighted by Crippen LogP contribution is 2.23. The van der Waals surface area contributed by atoms with Crippen LogP contribution in [0.1, 0.15) is 27.7 Å². The summed E-state index contributed by atoms with van der Waals surface area (Å²) >= 11 is 0. The van der Waals surface area contributed by atoms with Crippen LogP contribution in [0.2, 0.25) is 19.6 Å². The molecule has 0 atom stereocenters. The molecular weight excluding hydrogens is 270 g/mol. The molecular formula is C19H27NSi. The van der Waals surface area contributed by atoms with E-state index in [-0.39, 0.29) is 5.92 Å². The van der Waals surface area contributed by atoms with E-state index in [9.17, 15) is 0 Å². The number of rotatable bonds is 4. The van der Waals surface area contributed by atoms with Crippen molar-refractivity contribution in [2.75, 3.05) is 0 Å². The number of pyridine rings is 1. The fraction of sp³-hybridized carbons (Fsp3) is 0.421. The summed E-state index contributed by atoms with van der Waals surface area (Å²) in [6, 6.07) is 10.1. The summed E-state index contributed by atoms with van der Waals surface area (Å²) < 4.78 is 17.2. The van der Waals surface area contributed by atoms with Gasteiger partial charge in [0, 0.05) is 14.5 Å². The second kappa shape index (κ2) is 6.14. The Balaban J connectivity index is 2.71. The highest BCUT2D eigenvalue weighted by Gasteiger charge is 2.21. The van der Waals surface area contributed by atoms with Gasteiger partial charge in [0.05, 0.1) is 13.8 Å². The van der Waals surface area contributed by atoms with Gasteiger partial charge in [0.25, 0.3) is 0 Å². The Morgan fingerprint density at radius 3 is 2.43 bits per heavy atom. The molecule has 112 valence electrons. The summed E-state index contributed by atoms with van der Waals surface area (Å²) in [6.07, 6.45) is 0.569. The van der Waals surface area contributed by atoms with Crippen LogP contribution in [0.25, 0.3) is 11.3 Å². The van der Waals surface area contributed by atoms with Gasteiger partial charge in [-0.1, -0.05) is 57.8 Å². The Kier molecular flexibility index (Phi) is 3.88. The summed E-state index contributed by atoms with van der Waals surface area (Å²) in [6.45, 7) is 12.7. The molecule has 1 nitrogen and oxygen atoms in total. The highest BCUT2D eigenvalue weighted by molar-refractivity contribution is 6.89. The van der Waals surface area contributed by atoms with Gasteiger partial charge >= 0.3 is 0 Å². The Morgan fingerprint density at radius 2 is 1.86 bits per heavy atom. The maximum Gasteiger partial charge on any atom is 0.0799 e. The molecule has 2 rings (SSSR count). The molecule has 2 heteroatoms. The van der Waals surface area contributed by atoms with E-state index in [4.69, 9.17) is 2.74 Å². The zero-order chi connectivity index (χ0) is 17.4. The van der Waals surface area contributed by atoms with E-state index in [2.05, 4.69) is 43.7 Å². The SMILES string of the molecule is [2H]C([2H])(c1cc(-c2ccccc2C)ncc1[Si](C)(C)C)C(C)C. The standard InChI is InChI=1S/C19H27NSi/c1-14(2)11-16-12-18(17-10-8-7-9-15(17)3)20-13-19(16)21(4,5)6/h7-10,12-14H,11H2,1-6H3/i11D2. The van der Waals surface area contributed by atoms with E-state index >= 15 is 0 Å². The van der Waals surface area contributed by atoms with Crippen molar-refractivity contribution in [3.05, 3.63) is 47.7 Å². The lowest BCUT2D eigenvalue weighted by Gasteiger charge is -2.22. The number of hydrogen-bond donors (Lipinski definition) is 0. The van der Waals surface area contributed by atoms with Gasteiger partial charge in [0.2, 0.25) is 0 Å². The van der Waals surface area contributed by atoms with Crippen molar-refractivity contribution in [1.29, 1.82) is 0 Å². The molecule has 0 bridgehead atoms. The third-order valence-electron chi connectivity index (χ3n) is 3.58. The van der Waals surface area contributed by atoms with Crippen LogP contribution in [0.4, 0.5) is 0 Å². The molecule has 0 amide bonds. The van der Waals surface area contributed by atoms with Gasteiger partial charge in [-0.15, -0.1) is 0 Å². The van der Waals surface area contributed by atoms with Crippen LogP contribution in [0, 0.1) is 12.8 Å². The third kappa shape index (κ3) is 3.82. The number of aryl methyl sites for hydroxylation is 1. The first-order chi connectivity index (χ1) is 10.5. The van der Waals surface area contributed by atoms with E-state index in [0.29, 0.717) is 0 Å². The molecule has 0 aliphatic rings. The van der Waals surface area contributed by atoms with Gasteiger partial charge in [-0.25, -0.2) is 0 Å². The summed E-state index contributed by atoms with van der Waals surface area (Å²) in [5.41, 5.74) is 3.93. The monoisotopic (exact) mass is 299 g/mol. The van der Waals surface area contributed by atoms with Crippen molar-refractivity contribution in [3.63, 3.8) is 0 Å². The van der Waals surface area contributed by atoms with E-state index in [1.54, 1.807) is 0 Å². The minimum Gasteiger partial charge on any atom is -0.256 e. The number of hydrogen-bond acceptors (Lipinski definition) is 1. The van der Waals surface area contributed by atoms with E-state index < -0.39 is 14.4 Å². The molecule has 0 N–H and O–H groups in total. The summed E-state index contributed by atoms with van der Waals surface area (Å²) in [5.74, 6) is -0.0790. The van der Waals surface area contributed by atoms with Crippen LogP contribution in [0.15, 0.2) is 36.5 Å². The second-order valence-corrected chi connectivity index (χ2v) is 12.0.